The minimum atomic E-state index is 0.777. The number of unbranched alkanes of at least 4 members (excludes halogenated alkanes) is 1. The maximum Gasteiger partial charge on any atom is 0.162 e. The Bertz CT molecular complexity index is 756. The Morgan fingerprint density at radius 2 is 1.77 bits per heavy atom. The average molecular weight is 449 g/mol. The van der Waals surface area contributed by atoms with Crippen molar-refractivity contribution >= 4 is 33.8 Å². The average Bonchev–Trinajstić information content (AvgIpc) is 3.07. The fourth-order valence-electron chi connectivity index (χ4n) is 4.45. The molecule has 2 nitrogen and oxygen atoms in total. The second-order valence-electron chi connectivity index (χ2n) is 9.20. The summed E-state index contributed by atoms with van der Waals surface area (Å²) < 4.78 is 4.58. The van der Waals surface area contributed by atoms with E-state index in [1.165, 1.54) is 87.5 Å². The molecule has 1 aromatic heterocycles. The van der Waals surface area contributed by atoms with Gasteiger partial charge in [0, 0.05) is 12.6 Å². The lowest BCUT2D eigenvalue weighted by atomic mass is 9.94. The molecule has 0 N–H and O–H groups in total. The number of hydrogen-bond donors (Lipinski definition) is 0. The predicted molar refractivity (Wildman–Crippen MR) is 138 cm³/mol. The molecule has 0 atom stereocenters. The molecule has 1 fully saturated rings. The number of thiazole rings is 1. The molecule has 0 aliphatic heterocycles. The molecule has 1 heterocycles. The van der Waals surface area contributed by atoms with Gasteiger partial charge in [-0.05, 0) is 81.9 Å². The monoisotopic (exact) mass is 448 g/mol. The van der Waals surface area contributed by atoms with Crippen LogP contribution in [0.5, 0.6) is 0 Å². The van der Waals surface area contributed by atoms with Crippen LogP contribution in [0.4, 0.5) is 0 Å². The molecular formula is C26H44N2S2. The first kappa shape index (κ1) is 25.5. The molecule has 170 valence electrons. The molecule has 4 heteroatoms. The zero-order chi connectivity index (χ0) is 21.8. The van der Waals surface area contributed by atoms with Gasteiger partial charge in [-0.3, -0.25) is 0 Å². The van der Waals surface area contributed by atoms with Crippen LogP contribution in [0, 0.1) is 9.87 Å². The summed E-state index contributed by atoms with van der Waals surface area (Å²) in [6, 6.07) is 9.40. The Morgan fingerprint density at radius 1 is 1.03 bits per heavy atom. The number of rotatable bonds is 10. The highest BCUT2D eigenvalue weighted by Gasteiger charge is 2.19. The summed E-state index contributed by atoms with van der Waals surface area (Å²) >= 11 is 7.13. The van der Waals surface area contributed by atoms with Crippen LogP contribution in [0.2, 0.25) is 0 Å². The van der Waals surface area contributed by atoms with E-state index in [9.17, 15) is 0 Å². The minimum Gasteiger partial charge on any atom is -0.323 e. The van der Waals surface area contributed by atoms with Crippen LogP contribution in [0.3, 0.4) is 0 Å². The van der Waals surface area contributed by atoms with Gasteiger partial charge in [-0.2, -0.15) is 0 Å². The first-order valence-electron chi connectivity index (χ1n) is 12.4. The van der Waals surface area contributed by atoms with Crippen LogP contribution < -0.4 is 0 Å². The van der Waals surface area contributed by atoms with E-state index in [1.807, 2.05) is 0 Å². The lowest BCUT2D eigenvalue weighted by Gasteiger charge is -2.34. The van der Waals surface area contributed by atoms with Crippen molar-refractivity contribution in [3.63, 3.8) is 0 Å². The zero-order valence-corrected chi connectivity index (χ0v) is 21.5. The SMILES string of the molecule is CC(C)CCCn1c(=S)sc2ccccc21.CCCCN(CCC)C1CCCCC1. The number of aromatic nitrogens is 1. The summed E-state index contributed by atoms with van der Waals surface area (Å²) in [5.41, 5.74) is 1.29. The minimum absolute atomic E-state index is 0.777. The fraction of sp³-hybridized carbons (Fsp3) is 0.731. The summed E-state index contributed by atoms with van der Waals surface area (Å²) in [6.07, 6.45) is 13.9. The molecule has 1 aliphatic carbocycles. The number of nitrogens with zero attached hydrogens (tertiary/aromatic N) is 2. The van der Waals surface area contributed by atoms with Crippen molar-refractivity contribution in [3.8, 4) is 0 Å². The van der Waals surface area contributed by atoms with Gasteiger partial charge in [-0.1, -0.05) is 65.5 Å². The summed E-state index contributed by atoms with van der Waals surface area (Å²) in [7, 11) is 0. The van der Waals surface area contributed by atoms with Crippen LogP contribution in [-0.4, -0.2) is 28.6 Å². The van der Waals surface area contributed by atoms with Gasteiger partial charge in [0.25, 0.3) is 0 Å². The molecule has 0 unspecified atom stereocenters. The molecule has 30 heavy (non-hydrogen) atoms. The van der Waals surface area contributed by atoms with E-state index in [-0.39, 0.29) is 0 Å². The summed E-state index contributed by atoms with van der Waals surface area (Å²) in [5.74, 6) is 0.777. The van der Waals surface area contributed by atoms with Crippen molar-refractivity contribution in [2.24, 2.45) is 5.92 Å². The first-order chi connectivity index (χ1) is 14.6. The van der Waals surface area contributed by atoms with Crippen molar-refractivity contribution in [2.75, 3.05) is 13.1 Å². The number of benzene rings is 1. The maximum absolute atomic E-state index is 5.41. The van der Waals surface area contributed by atoms with Crippen LogP contribution >= 0.6 is 23.6 Å². The van der Waals surface area contributed by atoms with Crippen molar-refractivity contribution in [2.45, 2.75) is 104 Å². The van der Waals surface area contributed by atoms with E-state index < -0.39 is 0 Å². The van der Waals surface area contributed by atoms with Crippen LogP contribution in [0.15, 0.2) is 24.3 Å². The largest absolute Gasteiger partial charge is 0.323 e. The van der Waals surface area contributed by atoms with E-state index in [0.717, 1.165) is 22.5 Å². The van der Waals surface area contributed by atoms with Gasteiger partial charge < -0.3 is 9.47 Å². The van der Waals surface area contributed by atoms with Crippen LogP contribution in [0.25, 0.3) is 10.2 Å². The summed E-state index contributed by atoms with van der Waals surface area (Å²) in [6.45, 7) is 12.9. The van der Waals surface area contributed by atoms with E-state index in [0.29, 0.717) is 0 Å². The van der Waals surface area contributed by atoms with Crippen molar-refractivity contribution in [1.82, 2.24) is 9.47 Å². The molecule has 1 aliphatic rings. The van der Waals surface area contributed by atoms with Crippen LogP contribution in [-0.2, 0) is 6.54 Å². The lowest BCUT2D eigenvalue weighted by molar-refractivity contribution is 0.154. The molecular weight excluding hydrogens is 404 g/mol. The van der Waals surface area contributed by atoms with Gasteiger partial charge in [-0.25, -0.2) is 0 Å². The van der Waals surface area contributed by atoms with Crippen molar-refractivity contribution < 1.29 is 0 Å². The summed E-state index contributed by atoms with van der Waals surface area (Å²) in [4.78, 5) is 2.75. The number of fused-ring (bicyclic) bond motifs is 1. The Morgan fingerprint density at radius 3 is 2.43 bits per heavy atom. The van der Waals surface area contributed by atoms with E-state index >= 15 is 0 Å². The third kappa shape index (κ3) is 8.43. The smallest absolute Gasteiger partial charge is 0.162 e. The Kier molecular flexibility index (Phi) is 12.2. The molecule has 0 amide bonds. The third-order valence-corrected chi connectivity index (χ3v) is 7.57. The van der Waals surface area contributed by atoms with Gasteiger partial charge in [0.05, 0.1) is 10.2 Å². The van der Waals surface area contributed by atoms with Crippen molar-refractivity contribution in [1.29, 1.82) is 0 Å². The Hall–Kier alpha value is -0.710. The van der Waals surface area contributed by atoms with E-state index in [1.54, 1.807) is 11.3 Å². The van der Waals surface area contributed by atoms with E-state index in [2.05, 4.69) is 61.4 Å². The van der Waals surface area contributed by atoms with Gasteiger partial charge in [-0.15, -0.1) is 11.3 Å². The molecule has 2 aromatic rings. The zero-order valence-electron chi connectivity index (χ0n) is 19.9. The normalized spacial score (nSPS) is 15.0. The quantitative estimate of drug-likeness (QED) is 0.336. The Balaban J connectivity index is 0.000000216. The van der Waals surface area contributed by atoms with Crippen LogP contribution in [0.1, 0.15) is 91.9 Å². The van der Waals surface area contributed by atoms with Gasteiger partial charge in [0.1, 0.15) is 0 Å². The van der Waals surface area contributed by atoms with Crippen molar-refractivity contribution in [3.05, 3.63) is 28.2 Å². The van der Waals surface area contributed by atoms with Gasteiger partial charge in [0.15, 0.2) is 3.95 Å². The predicted octanol–water partition coefficient (Wildman–Crippen LogP) is 8.70. The first-order valence-corrected chi connectivity index (χ1v) is 13.6. The maximum atomic E-state index is 5.41. The third-order valence-electron chi connectivity index (χ3n) is 6.14. The van der Waals surface area contributed by atoms with Gasteiger partial charge in [0.2, 0.25) is 0 Å². The highest BCUT2D eigenvalue weighted by atomic mass is 32.1. The van der Waals surface area contributed by atoms with E-state index in [4.69, 9.17) is 12.2 Å². The Labute approximate surface area is 194 Å². The number of para-hydroxylation sites is 1. The lowest BCUT2D eigenvalue weighted by Crippen LogP contribution is -2.38. The molecule has 0 spiro atoms. The number of hydrogen-bond acceptors (Lipinski definition) is 3. The molecule has 0 saturated heterocycles. The summed E-state index contributed by atoms with van der Waals surface area (Å²) in [5, 5.41) is 0. The molecule has 3 rings (SSSR count). The van der Waals surface area contributed by atoms with Gasteiger partial charge >= 0.3 is 0 Å². The second kappa shape index (κ2) is 14.4. The number of aryl methyl sites for hydroxylation is 1. The molecule has 0 radical (unpaired) electrons. The topological polar surface area (TPSA) is 8.17 Å². The molecule has 1 saturated carbocycles. The fourth-order valence-corrected chi connectivity index (χ4v) is 5.83. The molecule has 1 aromatic carbocycles. The standard InChI is InChI=1S/C13H17NS2.C13H27N/c1-10(2)6-5-9-14-11-7-3-4-8-12(11)16-13(14)15;1-3-5-12-14(11-4-2)13-9-7-6-8-10-13/h3-4,7-8,10H,5-6,9H2,1-2H3;13H,3-12H2,1-2H3. The highest BCUT2D eigenvalue weighted by Crippen LogP contribution is 2.24. The highest BCUT2D eigenvalue weighted by molar-refractivity contribution is 7.73. The molecule has 0 bridgehead atoms. The second-order valence-corrected chi connectivity index (χ2v) is 10.9.